The number of hydrogen-bond acceptors (Lipinski definition) is 4. The van der Waals surface area contributed by atoms with Crippen LogP contribution in [0, 0.1) is 0 Å². The van der Waals surface area contributed by atoms with Crippen molar-refractivity contribution >= 4 is 28.1 Å². The van der Waals surface area contributed by atoms with Gasteiger partial charge in [-0.3, -0.25) is 9.78 Å². The fraction of sp³-hybridized carbons (Fsp3) is 0.133. The predicted molar refractivity (Wildman–Crippen MR) is 73.6 cm³/mol. The van der Waals surface area contributed by atoms with E-state index in [1.165, 1.54) is 0 Å². The first-order chi connectivity index (χ1) is 9.33. The quantitative estimate of drug-likeness (QED) is 0.531. The summed E-state index contributed by atoms with van der Waals surface area (Å²) in [5.41, 5.74) is 1.84. The Kier molecular flexibility index (Phi) is 2.83. The van der Waals surface area contributed by atoms with Gasteiger partial charge in [-0.1, -0.05) is 12.1 Å². The van der Waals surface area contributed by atoms with Gasteiger partial charge >= 0.3 is 0 Å². The highest BCUT2D eigenvalue weighted by molar-refractivity contribution is 6.05. The summed E-state index contributed by atoms with van der Waals surface area (Å²) in [7, 11) is 0. The summed E-state index contributed by atoms with van der Waals surface area (Å²) in [5, 5.41) is 1.87. The Balaban J connectivity index is 2.44. The molecular weight excluding hydrogens is 240 g/mol. The zero-order chi connectivity index (χ0) is 13.2. The first-order valence-corrected chi connectivity index (χ1v) is 6.10. The average molecular weight is 252 g/mol. The lowest BCUT2D eigenvalue weighted by atomic mass is 10.1. The van der Waals surface area contributed by atoms with Crippen molar-refractivity contribution in [1.82, 2.24) is 9.97 Å². The lowest BCUT2D eigenvalue weighted by molar-refractivity contribution is 0.111. The molecule has 94 valence electrons. The van der Waals surface area contributed by atoms with E-state index in [0.717, 1.165) is 22.6 Å². The number of aromatic nitrogens is 2. The molecule has 2 heterocycles. The van der Waals surface area contributed by atoms with Gasteiger partial charge in [-0.2, -0.15) is 0 Å². The number of fused-ring (bicyclic) bond motifs is 3. The summed E-state index contributed by atoms with van der Waals surface area (Å²) >= 11 is 0. The molecule has 0 N–H and O–H groups in total. The van der Waals surface area contributed by atoms with Gasteiger partial charge in [0.1, 0.15) is 17.0 Å². The molecule has 3 aromatic rings. The zero-order valence-electron chi connectivity index (χ0n) is 10.5. The molecule has 0 amide bonds. The molecule has 0 unspecified atom stereocenters. The molecule has 4 heteroatoms. The van der Waals surface area contributed by atoms with Crippen molar-refractivity contribution in [3.05, 3.63) is 42.2 Å². The van der Waals surface area contributed by atoms with Crippen LogP contribution < -0.4 is 4.74 Å². The van der Waals surface area contributed by atoms with E-state index in [-0.39, 0.29) is 0 Å². The van der Waals surface area contributed by atoms with E-state index in [2.05, 4.69) is 9.97 Å². The third kappa shape index (κ3) is 1.91. The van der Waals surface area contributed by atoms with E-state index in [0.29, 0.717) is 23.6 Å². The molecule has 3 rings (SSSR count). The van der Waals surface area contributed by atoms with Crippen molar-refractivity contribution in [3.8, 4) is 5.75 Å². The van der Waals surface area contributed by atoms with Crippen LogP contribution in [-0.4, -0.2) is 22.9 Å². The number of benzene rings is 1. The van der Waals surface area contributed by atoms with Gasteiger partial charge in [-0.05, 0) is 19.1 Å². The largest absolute Gasteiger partial charge is 0.493 e. The average Bonchev–Trinajstić information content (AvgIpc) is 2.47. The van der Waals surface area contributed by atoms with Crippen LogP contribution in [-0.2, 0) is 0 Å². The number of aldehydes is 1. The summed E-state index contributed by atoms with van der Waals surface area (Å²) in [5.74, 6) is 0.669. The van der Waals surface area contributed by atoms with Crippen molar-refractivity contribution in [3.63, 3.8) is 0 Å². The second-order valence-corrected chi connectivity index (χ2v) is 4.13. The van der Waals surface area contributed by atoms with Gasteiger partial charge in [0.2, 0.25) is 0 Å². The monoisotopic (exact) mass is 252 g/mol. The maximum absolute atomic E-state index is 11.0. The second-order valence-electron chi connectivity index (χ2n) is 4.13. The lowest BCUT2D eigenvalue weighted by Gasteiger charge is -2.09. The van der Waals surface area contributed by atoms with Gasteiger partial charge < -0.3 is 4.74 Å². The summed E-state index contributed by atoms with van der Waals surface area (Å²) in [6.45, 7) is 2.45. The number of ether oxygens (including phenoxy) is 1. The van der Waals surface area contributed by atoms with Crippen LogP contribution >= 0.6 is 0 Å². The molecule has 4 nitrogen and oxygen atoms in total. The predicted octanol–water partition coefficient (Wildman–Crippen LogP) is 2.99. The Labute approximate surface area is 110 Å². The minimum Gasteiger partial charge on any atom is -0.493 e. The number of carbonyl (C=O) groups excluding carboxylic acids is 1. The van der Waals surface area contributed by atoms with Crippen LogP contribution in [0.2, 0.25) is 0 Å². The van der Waals surface area contributed by atoms with Crippen molar-refractivity contribution in [2.75, 3.05) is 6.61 Å². The fourth-order valence-corrected chi connectivity index (χ4v) is 2.15. The number of pyridine rings is 2. The molecule has 0 fully saturated rings. The van der Waals surface area contributed by atoms with Crippen LogP contribution in [0.25, 0.3) is 21.8 Å². The molecule has 0 spiro atoms. The molecule has 0 bridgehead atoms. The molecule has 0 saturated heterocycles. The van der Waals surface area contributed by atoms with Crippen LogP contribution in [0.1, 0.15) is 17.4 Å². The zero-order valence-corrected chi connectivity index (χ0v) is 10.5. The minimum atomic E-state index is 0.356. The van der Waals surface area contributed by atoms with E-state index >= 15 is 0 Å². The van der Waals surface area contributed by atoms with E-state index < -0.39 is 0 Å². The third-order valence-corrected chi connectivity index (χ3v) is 2.95. The molecule has 1 aromatic carbocycles. The Hall–Kier alpha value is -2.49. The van der Waals surface area contributed by atoms with Crippen molar-refractivity contribution in [2.45, 2.75) is 6.92 Å². The molecule has 0 aliphatic carbocycles. The highest BCUT2D eigenvalue weighted by atomic mass is 16.5. The highest BCUT2D eigenvalue weighted by Gasteiger charge is 2.10. The third-order valence-electron chi connectivity index (χ3n) is 2.95. The maximum Gasteiger partial charge on any atom is 0.168 e. The minimum absolute atomic E-state index is 0.356. The topological polar surface area (TPSA) is 52.1 Å². The van der Waals surface area contributed by atoms with Gasteiger partial charge in [-0.15, -0.1) is 0 Å². The smallest absolute Gasteiger partial charge is 0.168 e. The van der Waals surface area contributed by atoms with Gasteiger partial charge in [0, 0.05) is 23.0 Å². The Morgan fingerprint density at radius 3 is 2.95 bits per heavy atom. The van der Waals surface area contributed by atoms with E-state index in [1.54, 1.807) is 12.3 Å². The Bertz CT molecular complexity index is 769. The first kappa shape index (κ1) is 11.6. The van der Waals surface area contributed by atoms with Crippen LogP contribution in [0.3, 0.4) is 0 Å². The first-order valence-electron chi connectivity index (χ1n) is 6.10. The van der Waals surface area contributed by atoms with Crippen LogP contribution in [0.15, 0.2) is 36.5 Å². The number of rotatable bonds is 3. The fourth-order valence-electron chi connectivity index (χ4n) is 2.15. The van der Waals surface area contributed by atoms with Gasteiger partial charge in [0.15, 0.2) is 6.29 Å². The lowest BCUT2D eigenvalue weighted by Crippen LogP contribution is -1.97. The van der Waals surface area contributed by atoms with E-state index in [1.807, 2.05) is 31.2 Å². The van der Waals surface area contributed by atoms with Crippen molar-refractivity contribution < 1.29 is 9.53 Å². The van der Waals surface area contributed by atoms with Crippen molar-refractivity contribution in [2.24, 2.45) is 0 Å². The summed E-state index contributed by atoms with van der Waals surface area (Å²) in [6.07, 6.45) is 2.45. The molecule has 0 aliphatic heterocycles. The van der Waals surface area contributed by atoms with E-state index in [4.69, 9.17) is 4.74 Å². The van der Waals surface area contributed by atoms with Crippen LogP contribution in [0.5, 0.6) is 5.75 Å². The SMILES string of the molecule is CCOc1cc(C=O)nc2c1ccc1cccnc12. The number of carbonyl (C=O) groups is 1. The molecule has 19 heavy (non-hydrogen) atoms. The normalized spacial score (nSPS) is 10.8. The Morgan fingerprint density at radius 1 is 1.26 bits per heavy atom. The standard InChI is InChI=1S/C15H12N2O2/c1-2-19-13-8-11(9-18)17-15-12(13)6-5-10-4-3-7-16-14(10)15/h3-9H,2H2,1H3. The van der Waals surface area contributed by atoms with Crippen LogP contribution in [0.4, 0.5) is 0 Å². The maximum atomic E-state index is 11.0. The van der Waals surface area contributed by atoms with Gasteiger partial charge in [0.05, 0.1) is 12.1 Å². The Morgan fingerprint density at radius 2 is 2.16 bits per heavy atom. The number of nitrogens with zero attached hydrogens (tertiary/aromatic N) is 2. The summed E-state index contributed by atoms with van der Waals surface area (Å²) in [4.78, 5) is 19.7. The molecular formula is C15H12N2O2. The van der Waals surface area contributed by atoms with Crippen molar-refractivity contribution in [1.29, 1.82) is 0 Å². The second kappa shape index (κ2) is 4.65. The number of hydrogen-bond donors (Lipinski definition) is 0. The van der Waals surface area contributed by atoms with Gasteiger partial charge in [-0.25, -0.2) is 4.98 Å². The summed E-state index contributed by atoms with van der Waals surface area (Å²) < 4.78 is 5.58. The summed E-state index contributed by atoms with van der Waals surface area (Å²) in [6, 6.07) is 9.44. The molecule has 0 aliphatic rings. The molecule has 0 saturated carbocycles. The molecule has 2 aromatic heterocycles. The van der Waals surface area contributed by atoms with E-state index in [9.17, 15) is 4.79 Å². The molecule has 0 radical (unpaired) electrons. The highest BCUT2D eigenvalue weighted by Crippen LogP contribution is 2.29. The van der Waals surface area contributed by atoms with Gasteiger partial charge in [0.25, 0.3) is 0 Å². The molecule has 0 atom stereocenters.